The second kappa shape index (κ2) is 10.6. The lowest BCUT2D eigenvalue weighted by atomic mass is 10.0. The molecule has 12 heteroatoms. The number of aromatic nitrogens is 2. The van der Waals surface area contributed by atoms with Crippen LogP contribution in [0.15, 0.2) is 53.5 Å². The summed E-state index contributed by atoms with van der Waals surface area (Å²) in [7, 11) is -0.475. The molecule has 192 valence electrons. The molecule has 1 aliphatic heterocycles. The molecule has 0 saturated carbocycles. The highest BCUT2D eigenvalue weighted by Crippen LogP contribution is 2.36. The molecule has 1 aliphatic rings. The molecule has 2 aromatic carbocycles. The maximum Gasteiger partial charge on any atom is 0.416 e. The third-order valence-corrected chi connectivity index (χ3v) is 6.45. The highest BCUT2D eigenvalue weighted by Gasteiger charge is 2.37. The van der Waals surface area contributed by atoms with Crippen LogP contribution in [0.4, 0.5) is 17.6 Å². The normalized spacial score (nSPS) is 20.1. The van der Waals surface area contributed by atoms with Crippen LogP contribution in [-0.2, 0) is 26.8 Å². The van der Waals surface area contributed by atoms with Crippen molar-refractivity contribution in [2.24, 2.45) is 0 Å². The third-order valence-electron chi connectivity index (χ3n) is 5.97. The molecule has 1 aromatic heterocycles. The number of morpholine rings is 1. The van der Waals surface area contributed by atoms with Gasteiger partial charge in [-0.2, -0.15) is 13.2 Å². The Morgan fingerprint density at radius 1 is 1.22 bits per heavy atom. The predicted molar refractivity (Wildman–Crippen MR) is 123 cm³/mol. The van der Waals surface area contributed by atoms with Gasteiger partial charge in [0.25, 0.3) is 8.61 Å². The van der Waals surface area contributed by atoms with Crippen molar-refractivity contribution in [3.05, 3.63) is 92.9 Å². The molecule has 0 bridgehead atoms. The standard InChI is InChI=1S/C24H24F4N3O4P/c1-14-9-17(11-18(10-14)24(26,27)28)15(2)35-22-21(16-3-5-19(25)6-4-16)30(7-8-34-22)12-20-13-31(36-33)23(32)29-20/h3-6,9-11,13,15,21-22H,7-8,12H2,1-2H3,(H,29,32)/t15-,21+,22-/m1/s1. The van der Waals surface area contributed by atoms with Crippen molar-refractivity contribution in [3.63, 3.8) is 0 Å². The zero-order valence-corrected chi connectivity index (χ0v) is 20.4. The van der Waals surface area contributed by atoms with Crippen molar-refractivity contribution in [2.45, 2.75) is 45.0 Å². The van der Waals surface area contributed by atoms with Crippen LogP contribution in [0, 0.1) is 12.7 Å². The maximum absolute atomic E-state index is 13.6. The second-order valence-corrected chi connectivity index (χ2v) is 9.22. The molecule has 7 nitrogen and oxygen atoms in total. The summed E-state index contributed by atoms with van der Waals surface area (Å²) < 4.78 is 77.9. The fourth-order valence-electron chi connectivity index (χ4n) is 4.29. The number of hydrogen-bond acceptors (Lipinski definition) is 5. The fraction of sp³-hybridized carbons (Fsp3) is 0.375. The van der Waals surface area contributed by atoms with Gasteiger partial charge in [-0.25, -0.2) is 18.1 Å². The summed E-state index contributed by atoms with van der Waals surface area (Å²) in [5.74, 6) is -0.428. The number of halogens is 4. The van der Waals surface area contributed by atoms with Gasteiger partial charge in [-0.1, -0.05) is 23.8 Å². The van der Waals surface area contributed by atoms with Gasteiger partial charge in [-0.05, 0) is 49.2 Å². The first-order chi connectivity index (χ1) is 17.0. The van der Waals surface area contributed by atoms with E-state index in [1.165, 1.54) is 18.3 Å². The number of aromatic amines is 1. The quantitative estimate of drug-likeness (QED) is 0.332. The summed E-state index contributed by atoms with van der Waals surface area (Å²) in [4.78, 5) is 16.5. The average molecular weight is 525 g/mol. The molecule has 3 atom stereocenters. The summed E-state index contributed by atoms with van der Waals surface area (Å²) >= 11 is 0. The number of benzene rings is 2. The van der Waals surface area contributed by atoms with Crippen molar-refractivity contribution in [3.8, 4) is 0 Å². The molecule has 1 N–H and O–H groups in total. The van der Waals surface area contributed by atoms with Gasteiger partial charge in [-0.15, -0.1) is 0 Å². The Kier molecular flexibility index (Phi) is 7.75. The highest BCUT2D eigenvalue weighted by molar-refractivity contribution is 7.21. The van der Waals surface area contributed by atoms with Gasteiger partial charge >= 0.3 is 11.9 Å². The van der Waals surface area contributed by atoms with Crippen LogP contribution in [-0.4, -0.2) is 33.7 Å². The van der Waals surface area contributed by atoms with Gasteiger partial charge in [0.2, 0.25) is 0 Å². The summed E-state index contributed by atoms with van der Waals surface area (Å²) in [5.41, 5.74) is 0.657. The number of hydrogen-bond donors (Lipinski definition) is 1. The molecule has 36 heavy (non-hydrogen) atoms. The van der Waals surface area contributed by atoms with E-state index in [1.54, 1.807) is 32.0 Å². The second-order valence-electron chi connectivity index (χ2n) is 8.63. The number of alkyl halides is 3. The molecular formula is C24H24F4N3O4P. The lowest BCUT2D eigenvalue weighted by molar-refractivity contribution is -0.231. The van der Waals surface area contributed by atoms with Gasteiger partial charge in [0.1, 0.15) is 5.82 Å². The maximum atomic E-state index is 13.6. The first kappa shape index (κ1) is 26.2. The third kappa shape index (κ3) is 5.92. The molecule has 1 saturated heterocycles. The monoisotopic (exact) mass is 525 g/mol. The first-order valence-electron chi connectivity index (χ1n) is 11.1. The van der Waals surface area contributed by atoms with E-state index in [4.69, 9.17) is 9.47 Å². The van der Waals surface area contributed by atoms with E-state index in [-0.39, 0.29) is 13.2 Å². The van der Waals surface area contributed by atoms with E-state index < -0.39 is 50.3 Å². The van der Waals surface area contributed by atoms with Crippen molar-refractivity contribution < 1.29 is 31.6 Å². The molecule has 3 aromatic rings. The number of aryl methyl sites for hydroxylation is 1. The average Bonchev–Trinajstić information content (AvgIpc) is 3.18. The Morgan fingerprint density at radius 2 is 1.94 bits per heavy atom. The van der Waals surface area contributed by atoms with Gasteiger partial charge in [0.05, 0.1) is 30.0 Å². The van der Waals surface area contributed by atoms with Crippen molar-refractivity contribution in [1.29, 1.82) is 0 Å². The number of nitrogens with one attached hydrogen (secondary N) is 1. The van der Waals surface area contributed by atoms with Crippen LogP contribution in [0.2, 0.25) is 0 Å². The van der Waals surface area contributed by atoms with Crippen LogP contribution in [0.3, 0.4) is 0 Å². The molecule has 2 heterocycles. The summed E-state index contributed by atoms with van der Waals surface area (Å²) in [5, 5.41) is 0. The largest absolute Gasteiger partial charge is 0.416 e. The van der Waals surface area contributed by atoms with Crippen LogP contribution in [0.1, 0.15) is 47.0 Å². The van der Waals surface area contributed by atoms with Gasteiger partial charge in [0.15, 0.2) is 6.29 Å². The summed E-state index contributed by atoms with van der Waals surface area (Å²) in [6.45, 7) is 4.15. The van der Waals surface area contributed by atoms with Crippen LogP contribution in [0.25, 0.3) is 0 Å². The molecule has 4 rings (SSSR count). The van der Waals surface area contributed by atoms with Crippen LogP contribution in [0.5, 0.6) is 0 Å². The Hall–Kier alpha value is -2.85. The zero-order valence-electron chi connectivity index (χ0n) is 19.5. The van der Waals surface area contributed by atoms with Crippen molar-refractivity contribution >= 4 is 8.61 Å². The van der Waals surface area contributed by atoms with E-state index >= 15 is 0 Å². The summed E-state index contributed by atoms with van der Waals surface area (Å²) in [6.07, 6.45) is -4.72. The number of H-pyrrole nitrogens is 1. The predicted octanol–water partition coefficient (Wildman–Crippen LogP) is 5.37. The topological polar surface area (TPSA) is 76.6 Å². The molecular weight excluding hydrogens is 501 g/mol. The minimum absolute atomic E-state index is 0.236. The smallest absolute Gasteiger partial charge is 0.349 e. The number of rotatable bonds is 7. The molecule has 0 radical (unpaired) electrons. The van der Waals surface area contributed by atoms with E-state index in [9.17, 15) is 26.9 Å². The minimum Gasteiger partial charge on any atom is -0.349 e. The molecule has 0 unspecified atom stereocenters. The Morgan fingerprint density at radius 3 is 2.58 bits per heavy atom. The first-order valence-corrected chi connectivity index (χ1v) is 11.9. The lowest BCUT2D eigenvalue weighted by Crippen LogP contribution is -2.46. The SMILES string of the molecule is Cc1cc([C@@H](C)O[C@H]2OCCN(Cc3cn(P=O)c(=O)[nH]3)[C@H]2c2ccc(F)cc2)cc(C(F)(F)F)c1. The summed E-state index contributed by atoms with van der Waals surface area (Å²) in [6, 6.07) is 8.96. The van der Waals surface area contributed by atoms with E-state index in [0.29, 0.717) is 28.9 Å². The number of ether oxygens (including phenoxy) is 2. The number of nitrogens with zero attached hydrogens (tertiary/aromatic N) is 2. The van der Waals surface area contributed by atoms with Crippen LogP contribution < -0.4 is 5.69 Å². The van der Waals surface area contributed by atoms with E-state index in [2.05, 4.69) is 4.98 Å². The molecule has 1 fully saturated rings. The Bertz CT molecular complexity index is 1280. The Balaban J connectivity index is 1.64. The van der Waals surface area contributed by atoms with Crippen molar-refractivity contribution in [2.75, 3.05) is 13.2 Å². The molecule has 0 spiro atoms. The fourth-order valence-corrected chi connectivity index (χ4v) is 4.60. The minimum atomic E-state index is -4.49. The zero-order chi connectivity index (χ0) is 26.0. The van der Waals surface area contributed by atoms with E-state index in [1.807, 2.05) is 4.90 Å². The number of imidazole rings is 1. The van der Waals surface area contributed by atoms with Crippen LogP contribution >= 0.6 is 8.61 Å². The molecule has 0 aliphatic carbocycles. The van der Waals surface area contributed by atoms with Gasteiger partial charge in [0, 0.05) is 19.3 Å². The Labute approximate surface area is 205 Å². The van der Waals surface area contributed by atoms with Gasteiger partial charge in [-0.3, -0.25) is 4.90 Å². The van der Waals surface area contributed by atoms with Gasteiger partial charge < -0.3 is 14.5 Å². The lowest BCUT2D eigenvalue weighted by Gasteiger charge is -2.42. The highest BCUT2D eigenvalue weighted by atomic mass is 31.1. The van der Waals surface area contributed by atoms with E-state index in [0.717, 1.165) is 16.5 Å². The molecule has 0 amide bonds. The van der Waals surface area contributed by atoms with Crippen molar-refractivity contribution in [1.82, 2.24) is 14.2 Å².